The van der Waals surface area contributed by atoms with E-state index in [4.69, 9.17) is 14.6 Å². The molecule has 0 aliphatic carbocycles. The van der Waals surface area contributed by atoms with Gasteiger partial charge in [0.2, 0.25) is 0 Å². The lowest BCUT2D eigenvalue weighted by atomic mass is 10.2. The third kappa shape index (κ3) is 4.33. The smallest absolute Gasteiger partial charge is 0.330 e. The number of fused-ring (bicyclic) bond motifs is 1. The molecular weight excluding hydrogens is 360 g/mol. The number of benzene rings is 1. The quantitative estimate of drug-likeness (QED) is 0.537. The molecule has 0 atom stereocenters. The van der Waals surface area contributed by atoms with Crippen molar-refractivity contribution in [2.24, 2.45) is 0 Å². The zero-order valence-corrected chi connectivity index (χ0v) is 16.3. The van der Waals surface area contributed by atoms with Crippen LogP contribution in [0.25, 0.3) is 11.2 Å². The van der Waals surface area contributed by atoms with Gasteiger partial charge in [0, 0.05) is 13.2 Å². The summed E-state index contributed by atoms with van der Waals surface area (Å²) in [6.07, 6.45) is 4.03. The highest BCUT2D eigenvalue weighted by Gasteiger charge is 2.16. The van der Waals surface area contributed by atoms with Gasteiger partial charge in [-0.2, -0.15) is 4.98 Å². The lowest BCUT2D eigenvalue weighted by Crippen LogP contribution is -2.25. The number of imidazole rings is 1. The second-order valence-electron chi connectivity index (χ2n) is 6.51. The molecule has 150 valence electrons. The van der Waals surface area contributed by atoms with Crippen LogP contribution >= 0.6 is 0 Å². The van der Waals surface area contributed by atoms with Crippen molar-refractivity contribution in [2.75, 3.05) is 20.3 Å². The maximum absolute atomic E-state index is 13.0. The molecule has 0 fully saturated rings. The Balaban J connectivity index is 2.00. The van der Waals surface area contributed by atoms with Crippen molar-refractivity contribution in [3.8, 4) is 11.8 Å². The second kappa shape index (κ2) is 9.36. The van der Waals surface area contributed by atoms with Crippen molar-refractivity contribution < 1.29 is 14.6 Å². The third-order valence-corrected chi connectivity index (χ3v) is 4.50. The largest absolute Gasteiger partial charge is 0.497 e. The standard InChI is InChI=1S/C20H26N4O4/c1-3-4-12-28-19-21-13-17-18(22-19)24(20(26)23(17)10-5-11-25)14-15-6-8-16(27-2)9-7-15/h6-9,13,25H,3-5,10-12,14H2,1-2H3. The Morgan fingerprint density at radius 2 is 1.93 bits per heavy atom. The van der Waals surface area contributed by atoms with E-state index in [1.54, 1.807) is 22.4 Å². The van der Waals surface area contributed by atoms with Gasteiger partial charge in [0.25, 0.3) is 0 Å². The van der Waals surface area contributed by atoms with Gasteiger partial charge in [-0.25, -0.2) is 9.78 Å². The molecule has 1 N–H and O–H groups in total. The van der Waals surface area contributed by atoms with Gasteiger partial charge in [-0.1, -0.05) is 25.5 Å². The number of aliphatic hydroxyl groups is 1. The second-order valence-corrected chi connectivity index (χ2v) is 6.51. The fourth-order valence-electron chi connectivity index (χ4n) is 2.96. The topological polar surface area (TPSA) is 91.4 Å². The third-order valence-electron chi connectivity index (χ3n) is 4.50. The minimum atomic E-state index is -0.181. The molecule has 0 saturated carbocycles. The summed E-state index contributed by atoms with van der Waals surface area (Å²) in [6, 6.07) is 7.83. The lowest BCUT2D eigenvalue weighted by molar-refractivity contribution is 0.279. The molecule has 28 heavy (non-hydrogen) atoms. The minimum absolute atomic E-state index is 0.0106. The van der Waals surface area contributed by atoms with E-state index in [9.17, 15) is 4.79 Å². The first-order valence-corrected chi connectivity index (χ1v) is 9.50. The normalized spacial score (nSPS) is 11.1. The molecule has 2 heterocycles. The molecule has 0 aliphatic heterocycles. The Hall–Kier alpha value is -2.87. The molecular formula is C20H26N4O4. The van der Waals surface area contributed by atoms with E-state index in [1.807, 2.05) is 24.3 Å². The summed E-state index contributed by atoms with van der Waals surface area (Å²) in [4.78, 5) is 21.7. The highest BCUT2D eigenvalue weighted by Crippen LogP contribution is 2.17. The number of methoxy groups -OCH3 is 1. The summed E-state index contributed by atoms with van der Waals surface area (Å²) >= 11 is 0. The first kappa shape index (κ1) is 19.9. The Kier molecular flexibility index (Phi) is 6.65. The number of aryl methyl sites for hydroxylation is 1. The SMILES string of the molecule is CCCCOc1ncc2c(n1)n(Cc1ccc(OC)cc1)c(=O)n2CCCO. The Bertz CT molecular complexity index is 963. The van der Waals surface area contributed by atoms with Crippen LogP contribution in [0.4, 0.5) is 0 Å². The number of ether oxygens (including phenoxy) is 2. The number of aliphatic hydroxyl groups excluding tert-OH is 1. The maximum Gasteiger partial charge on any atom is 0.330 e. The van der Waals surface area contributed by atoms with Crippen molar-refractivity contribution in [1.82, 2.24) is 19.1 Å². The summed E-state index contributed by atoms with van der Waals surface area (Å²) < 4.78 is 14.0. The molecule has 3 rings (SSSR count). The van der Waals surface area contributed by atoms with E-state index < -0.39 is 0 Å². The number of hydrogen-bond acceptors (Lipinski definition) is 6. The van der Waals surface area contributed by atoms with E-state index in [0.717, 1.165) is 24.2 Å². The maximum atomic E-state index is 13.0. The molecule has 0 radical (unpaired) electrons. The summed E-state index contributed by atoms with van der Waals surface area (Å²) in [5.41, 5.74) is 1.94. The molecule has 0 aliphatic rings. The first-order valence-electron chi connectivity index (χ1n) is 9.50. The van der Waals surface area contributed by atoms with Gasteiger partial charge in [-0.3, -0.25) is 9.13 Å². The van der Waals surface area contributed by atoms with E-state index in [0.29, 0.717) is 37.3 Å². The monoisotopic (exact) mass is 386 g/mol. The van der Waals surface area contributed by atoms with Crippen molar-refractivity contribution in [3.63, 3.8) is 0 Å². The summed E-state index contributed by atoms with van der Waals surface area (Å²) in [5, 5.41) is 9.16. The van der Waals surface area contributed by atoms with Gasteiger partial charge < -0.3 is 14.6 Å². The number of unbranched alkanes of at least 4 members (excludes halogenated alkanes) is 1. The van der Waals surface area contributed by atoms with Crippen LogP contribution in [0.5, 0.6) is 11.8 Å². The molecule has 0 saturated heterocycles. The molecule has 2 aromatic heterocycles. The van der Waals surface area contributed by atoms with Gasteiger partial charge >= 0.3 is 11.7 Å². The van der Waals surface area contributed by atoms with E-state index >= 15 is 0 Å². The van der Waals surface area contributed by atoms with Crippen LogP contribution in [0.3, 0.4) is 0 Å². The van der Waals surface area contributed by atoms with Gasteiger partial charge in [0.15, 0.2) is 5.65 Å². The van der Waals surface area contributed by atoms with Crippen LogP contribution in [-0.2, 0) is 13.1 Å². The van der Waals surface area contributed by atoms with Crippen molar-refractivity contribution in [2.45, 2.75) is 39.3 Å². The number of rotatable bonds is 10. The summed E-state index contributed by atoms with van der Waals surface area (Å²) in [5.74, 6) is 0.760. The number of hydrogen-bond donors (Lipinski definition) is 1. The highest BCUT2D eigenvalue weighted by molar-refractivity contribution is 5.71. The number of nitrogens with zero attached hydrogens (tertiary/aromatic N) is 4. The van der Waals surface area contributed by atoms with Gasteiger partial charge in [-0.05, 0) is 30.5 Å². The van der Waals surface area contributed by atoms with Crippen LogP contribution in [0.2, 0.25) is 0 Å². The Morgan fingerprint density at radius 1 is 1.14 bits per heavy atom. The van der Waals surface area contributed by atoms with Gasteiger partial charge in [0.1, 0.15) is 11.3 Å². The van der Waals surface area contributed by atoms with Crippen LogP contribution in [0.15, 0.2) is 35.3 Å². The van der Waals surface area contributed by atoms with Crippen molar-refractivity contribution >= 4 is 11.2 Å². The van der Waals surface area contributed by atoms with Gasteiger partial charge in [-0.15, -0.1) is 0 Å². The summed E-state index contributed by atoms with van der Waals surface area (Å²) in [7, 11) is 1.62. The van der Waals surface area contributed by atoms with Gasteiger partial charge in [0.05, 0.1) is 26.5 Å². The fraction of sp³-hybridized carbons (Fsp3) is 0.450. The molecule has 1 aromatic carbocycles. The molecule has 0 bridgehead atoms. The van der Waals surface area contributed by atoms with Crippen molar-refractivity contribution in [1.29, 1.82) is 0 Å². The zero-order valence-electron chi connectivity index (χ0n) is 16.3. The minimum Gasteiger partial charge on any atom is -0.497 e. The molecule has 0 spiro atoms. The lowest BCUT2D eigenvalue weighted by Gasteiger charge is -2.06. The number of aromatic nitrogens is 4. The van der Waals surface area contributed by atoms with Crippen LogP contribution in [0, 0.1) is 0 Å². The van der Waals surface area contributed by atoms with Crippen molar-refractivity contribution in [3.05, 3.63) is 46.5 Å². The predicted molar refractivity (Wildman–Crippen MR) is 106 cm³/mol. The Morgan fingerprint density at radius 3 is 2.61 bits per heavy atom. The van der Waals surface area contributed by atoms with E-state index in [-0.39, 0.29) is 18.3 Å². The average molecular weight is 386 g/mol. The molecule has 8 nitrogen and oxygen atoms in total. The predicted octanol–water partition coefficient (Wildman–Crippen LogP) is 2.21. The van der Waals surface area contributed by atoms with Crippen LogP contribution in [-0.4, -0.2) is 44.5 Å². The fourth-order valence-corrected chi connectivity index (χ4v) is 2.96. The summed E-state index contributed by atoms with van der Waals surface area (Å²) in [6.45, 7) is 3.41. The average Bonchev–Trinajstić information content (AvgIpc) is 2.98. The van der Waals surface area contributed by atoms with Crippen LogP contribution < -0.4 is 15.2 Å². The van der Waals surface area contributed by atoms with E-state index in [1.165, 1.54) is 0 Å². The molecule has 3 aromatic rings. The first-order chi connectivity index (χ1) is 13.7. The van der Waals surface area contributed by atoms with E-state index in [2.05, 4.69) is 16.9 Å². The highest BCUT2D eigenvalue weighted by atomic mass is 16.5. The van der Waals surface area contributed by atoms with Crippen LogP contribution in [0.1, 0.15) is 31.7 Å². The zero-order chi connectivity index (χ0) is 19.9. The molecule has 0 unspecified atom stereocenters. The Labute approximate surface area is 163 Å². The molecule has 8 heteroatoms. The molecule has 0 amide bonds.